The number of nitrogens with zero attached hydrogens (tertiary/aromatic N) is 2. The summed E-state index contributed by atoms with van der Waals surface area (Å²) in [7, 11) is 0. The van der Waals surface area contributed by atoms with E-state index in [4.69, 9.17) is 0 Å². The summed E-state index contributed by atoms with van der Waals surface area (Å²) in [6.45, 7) is 5.38. The second-order valence-electron chi connectivity index (χ2n) is 7.60. The minimum Gasteiger partial charge on any atom is -0.300 e. The van der Waals surface area contributed by atoms with Gasteiger partial charge in [-0.25, -0.2) is 0 Å². The summed E-state index contributed by atoms with van der Waals surface area (Å²) in [5, 5.41) is 0. The van der Waals surface area contributed by atoms with E-state index in [0.29, 0.717) is 12.8 Å². The summed E-state index contributed by atoms with van der Waals surface area (Å²) in [4.78, 5) is 28.9. The fourth-order valence-corrected chi connectivity index (χ4v) is 3.45. The van der Waals surface area contributed by atoms with Gasteiger partial charge in [-0.05, 0) is 23.3 Å². The van der Waals surface area contributed by atoms with Crippen molar-refractivity contribution >= 4 is 36.1 Å². The van der Waals surface area contributed by atoms with Crippen LogP contribution in [0, 0.1) is 0 Å². The minimum absolute atomic E-state index is 0. The van der Waals surface area contributed by atoms with Crippen LogP contribution in [0.25, 0.3) is 12.2 Å². The summed E-state index contributed by atoms with van der Waals surface area (Å²) < 4.78 is 0. The first-order valence-electron chi connectivity index (χ1n) is 10.7. The molecule has 164 valence electrons. The van der Waals surface area contributed by atoms with Crippen molar-refractivity contribution in [1.82, 2.24) is 9.80 Å². The molecule has 1 aliphatic heterocycles. The van der Waals surface area contributed by atoms with E-state index in [1.165, 1.54) is 0 Å². The van der Waals surface area contributed by atoms with Gasteiger partial charge in [-0.2, -0.15) is 0 Å². The Hall–Kier alpha value is -2.53. The Morgan fingerprint density at radius 1 is 0.645 bits per heavy atom. The van der Waals surface area contributed by atoms with Gasteiger partial charge in [-0.1, -0.05) is 72.8 Å². The first-order chi connectivity index (χ1) is 14.7. The topological polar surface area (TPSA) is 40.6 Å². The van der Waals surface area contributed by atoms with Gasteiger partial charge in [-0.15, -0.1) is 12.4 Å². The number of carbonyl (C=O) groups excluding carboxylic acids is 2. The highest BCUT2D eigenvalue weighted by molar-refractivity contribution is 5.94. The molecule has 2 aromatic rings. The lowest BCUT2D eigenvalue weighted by Gasteiger charge is -2.34. The fourth-order valence-electron chi connectivity index (χ4n) is 3.45. The molecule has 0 saturated carbocycles. The van der Waals surface area contributed by atoms with Crippen LogP contribution in [-0.2, 0) is 9.59 Å². The molecule has 2 aromatic carbocycles. The van der Waals surface area contributed by atoms with Crippen molar-refractivity contribution in [2.45, 2.75) is 12.8 Å². The van der Waals surface area contributed by atoms with Crippen molar-refractivity contribution in [3.8, 4) is 0 Å². The molecule has 0 amide bonds. The Kier molecular flexibility index (Phi) is 10.9. The van der Waals surface area contributed by atoms with Crippen LogP contribution in [-0.4, -0.2) is 60.6 Å². The van der Waals surface area contributed by atoms with Crippen molar-refractivity contribution in [3.63, 3.8) is 0 Å². The minimum atomic E-state index is 0. The van der Waals surface area contributed by atoms with Crippen molar-refractivity contribution < 1.29 is 9.59 Å². The molecule has 4 nitrogen and oxygen atoms in total. The molecule has 1 saturated heterocycles. The van der Waals surface area contributed by atoms with Crippen molar-refractivity contribution in [2.24, 2.45) is 0 Å². The van der Waals surface area contributed by atoms with Gasteiger partial charge in [0.25, 0.3) is 0 Å². The third-order valence-corrected chi connectivity index (χ3v) is 5.34. The smallest absolute Gasteiger partial charge is 0.156 e. The first-order valence-corrected chi connectivity index (χ1v) is 10.7. The maximum atomic E-state index is 12.1. The van der Waals surface area contributed by atoms with Crippen LogP contribution in [0.15, 0.2) is 72.8 Å². The summed E-state index contributed by atoms with van der Waals surface area (Å²) in [5.41, 5.74) is 2.10. The Morgan fingerprint density at radius 3 is 1.35 bits per heavy atom. The summed E-state index contributed by atoms with van der Waals surface area (Å²) >= 11 is 0. The zero-order valence-electron chi connectivity index (χ0n) is 17.9. The van der Waals surface area contributed by atoms with Gasteiger partial charge in [0.15, 0.2) is 11.6 Å². The summed E-state index contributed by atoms with van der Waals surface area (Å²) in [6, 6.07) is 19.8. The second kappa shape index (κ2) is 13.7. The molecular weight excluding hydrogens is 408 g/mol. The van der Waals surface area contributed by atoms with Gasteiger partial charge in [0.2, 0.25) is 0 Å². The van der Waals surface area contributed by atoms with E-state index < -0.39 is 0 Å². The SMILES string of the molecule is Cl.O=C(/C=C/c1ccccc1)CCN1CCN(CCC(=O)/C=C/c2ccccc2)CC1. The highest BCUT2D eigenvalue weighted by atomic mass is 35.5. The number of hydrogen-bond donors (Lipinski definition) is 0. The Labute approximate surface area is 191 Å². The lowest BCUT2D eigenvalue weighted by Crippen LogP contribution is -2.47. The quantitative estimate of drug-likeness (QED) is 0.516. The third kappa shape index (κ3) is 9.43. The lowest BCUT2D eigenvalue weighted by molar-refractivity contribution is -0.116. The molecule has 0 aromatic heterocycles. The number of carbonyl (C=O) groups is 2. The number of rotatable bonds is 10. The average Bonchev–Trinajstić information content (AvgIpc) is 2.80. The zero-order chi connectivity index (χ0) is 21.0. The second-order valence-corrected chi connectivity index (χ2v) is 7.60. The molecule has 1 fully saturated rings. The predicted molar refractivity (Wildman–Crippen MR) is 130 cm³/mol. The van der Waals surface area contributed by atoms with Crippen LogP contribution in [0.3, 0.4) is 0 Å². The van der Waals surface area contributed by atoms with Crippen molar-refractivity contribution in [2.75, 3.05) is 39.3 Å². The predicted octanol–water partition coefficient (Wildman–Crippen LogP) is 4.37. The number of hydrogen-bond acceptors (Lipinski definition) is 4. The van der Waals surface area contributed by atoms with Gasteiger partial charge >= 0.3 is 0 Å². The highest BCUT2D eigenvalue weighted by Crippen LogP contribution is 2.07. The molecule has 0 spiro atoms. The van der Waals surface area contributed by atoms with Gasteiger partial charge in [0.05, 0.1) is 0 Å². The number of piperazine rings is 1. The van der Waals surface area contributed by atoms with Gasteiger partial charge < -0.3 is 9.80 Å². The molecule has 0 unspecified atom stereocenters. The first kappa shape index (κ1) is 24.7. The molecule has 31 heavy (non-hydrogen) atoms. The van der Waals surface area contributed by atoms with E-state index in [9.17, 15) is 9.59 Å². The van der Waals surface area contributed by atoms with Crippen molar-refractivity contribution in [3.05, 3.63) is 83.9 Å². The van der Waals surface area contributed by atoms with Crippen LogP contribution in [0.2, 0.25) is 0 Å². The monoisotopic (exact) mass is 438 g/mol. The van der Waals surface area contributed by atoms with Crippen LogP contribution in [0.4, 0.5) is 0 Å². The lowest BCUT2D eigenvalue weighted by atomic mass is 10.1. The van der Waals surface area contributed by atoms with E-state index in [1.807, 2.05) is 72.8 Å². The normalized spacial score (nSPS) is 15.2. The Morgan fingerprint density at radius 2 is 1.00 bits per heavy atom. The number of benzene rings is 2. The third-order valence-electron chi connectivity index (χ3n) is 5.34. The van der Waals surface area contributed by atoms with Gasteiger partial charge in [0, 0.05) is 52.1 Å². The van der Waals surface area contributed by atoms with Crippen LogP contribution in [0.5, 0.6) is 0 Å². The Balaban J connectivity index is 0.00000341. The summed E-state index contributed by atoms with van der Waals surface area (Å²) in [6.07, 6.45) is 8.21. The molecule has 1 aliphatic rings. The van der Waals surface area contributed by atoms with Crippen LogP contribution in [0.1, 0.15) is 24.0 Å². The average molecular weight is 439 g/mol. The molecule has 0 bridgehead atoms. The number of allylic oxidation sites excluding steroid dienone is 2. The van der Waals surface area contributed by atoms with Crippen LogP contribution < -0.4 is 0 Å². The van der Waals surface area contributed by atoms with Crippen LogP contribution >= 0.6 is 12.4 Å². The van der Waals surface area contributed by atoms with E-state index in [1.54, 1.807) is 12.2 Å². The molecule has 5 heteroatoms. The molecule has 0 atom stereocenters. The summed E-state index contributed by atoms with van der Waals surface area (Å²) in [5.74, 6) is 0.328. The standard InChI is InChI=1S/C26H30N2O2.ClH/c29-25(13-11-23-7-3-1-4-8-23)15-17-27-19-21-28(22-20-27)18-16-26(30)14-12-24-9-5-2-6-10-24;/h1-14H,15-22H2;1H/b13-11+,14-12+;. The fraction of sp³-hybridized carbons (Fsp3) is 0.308. The molecule has 1 heterocycles. The van der Waals surface area contributed by atoms with Gasteiger partial charge in [0.1, 0.15) is 0 Å². The zero-order valence-corrected chi connectivity index (χ0v) is 18.7. The highest BCUT2D eigenvalue weighted by Gasteiger charge is 2.17. The van der Waals surface area contributed by atoms with E-state index in [0.717, 1.165) is 50.4 Å². The maximum Gasteiger partial charge on any atom is 0.156 e. The molecule has 3 rings (SSSR count). The molecule has 0 N–H and O–H groups in total. The number of ketones is 2. The van der Waals surface area contributed by atoms with E-state index in [-0.39, 0.29) is 24.0 Å². The molecule has 0 aliphatic carbocycles. The number of halogens is 1. The van der Waals surface area contributed by atoms with Crippen molar-refractivity contribution in [1.29, 1.82) is 0 Å². The Bertz CT molecular complexity index is 784. The maximum absolute atomic E-state index is 12.1. The van der Waals surface area contributed by atoms with Gasteiger partial charge in [-0.3, -0.25) is 9.59 Å². The van der Waals surface area contributed by atoms with E-state index >= 15 is 0 Å². The van der Waals surface area contributed by atoms with E-state index in [2.05, 4.69) is 9.80 Å². The molecular formula is C26H31ClN2O2. The largest absolute Gasteiger partial charge is 0.300 e. The molecule has 0 radical (unpaired) electrons.